The van der Waals surface area contributed by atoms with Crippen molar-refractivity contribution in [2.45, 2.75) is 239 Å². The van der Waals surface area contributed by atoms with Gasteiger partial charge in [0.1, 0.15) is 0 Å². The third-order valence-corrected chi connectivity index (χ3v) is 12.9. The summed E-state index contributed by atoms with van der Waals surface area (Å²) in [5.74, 6) is -1.31. The second kappa shape index (κ2) is 53.8. The molecule has 0 unspecified atom stereocenters. The highest BCUT2D eigenvalue weighted by molar-refractivity contribution is 5.96. The van der Waals surface area contributed by atoms with Crippen LogP contribution in [0.1, 0.15) is 236 Å². The largest absolute Gasteiger partial charge is 0.466 e. The van der Waals surface area contributed by atoms with Gasteiger partial charge in [0.25, 0.3) is 5.91 Å². The first kappa shape index (κ1) is 70.9. The molecular formula is C64H109N3O10. The van der Waals surface area contributed by atoms with Crippen molar-refractivity contribution in [2.75, 3.05) is 59.3 Å². The number of primary amides is 1. The van der Waals surface area contributed by atoms with Crippen molar-refractivity contribution in [1.82, 2.24) is 10.2 Å². The maximum absolute atomic E-state index is 12.7. The molecule has 1 rings (SSSR count). The Morgan fingerprint density at radius 1 is 0.468 bits per heavy atom. The number of benzene rings is 1. The number of nitrogens with two attached hydrogens (primary N) is 1. The Morgan fingerprint density at radius 3 is 1.18 bits per heavy atom. The van der Waals surface area contributed by atoms with Gasteiger partial charge in [-0.05, 0) is 159 Å². The fourth-order valence-corrected chi connectivity index (χ4v) is 8.37. The molecule has 0 fully saturated rings. The number of esters is 2. The maximum atomic E-state index is 12.7. The highest BCUT2D eigenvalue weighted by Gasteiger charge is 2.16. The van der Waals surface area contributed by atoms with Gasteiger partial charge in [-0.3, -0.25) is 24.1 Å². The standard InChI is InChI=1S/C64H109N3O10/c1-5-9-13-17-25-35-51-74-62(75-52-36-26-18-14-10-6-2)45-43-60(69)72-49-33-29-21-23-31-47-67(56-57-39-41-58(42-40-57)64(71)66-55-59(65)68)48-32-24-22-30-34-50-73-61(70)44-46-63(76-53-37-27-19-15-11-7-3)77-54-38-28-20-16-12-8-4/h9-16,39-42,62-63H,5-8,17-38,43-56H2,1-4H3,(H2,65,68)(H,66,71)/b13-9-,14-10-,15-11-,16-12-. The van der Waals surface area contributed by atoms with Crippen LogP contribution in [-0.4, -0.2) is 101 Å². The van der Waals surface area contributed by atoms with Crippen molar-refractivity contribution < 1.29 is 47.6 Å². The molecule has 0 atom stereocenters. The Balaban J connectivity index is 2.53. The number of carbonyl (C=O) groups is 4. The van der Waals surface area contributed by atoms with Crippen LogP contribution >= 0.6 is 0 Å². The summed E-state index contributed by atoms with van der Waals surface area (Å²) < 4.78 is 35.6. The maximum Gasteiger partial charge on any atom is 0.305 e. The van der Waals surface area contributed by atoms with Crippen molar-refractivity contribution in [1.29, 1.82) is 0 Å². The van der Waals surface area contributed by atoms with Crippen LogP contribution in [0.2, 0.25) is 0 Å². The summed E-state index contributed by atoms with van der Waals surface area (Å²) in [4.78, 5) is 51.5. The molecule has 77 heavy (non-hydrogen) atoms. The second-order valence-electron chi connectivity index (χ2n) is 20.0. The van der Waals surface area contributed by atoms with E-state index in [9.17, 15) is 19.2 Å². The first-order valence-electron chi connectivity index (χ1n) is 30.5. The van der Waals surface area contributed by atoms with Crippen LogP contribution in [0, 0.1) is 0 Å². The highest BCUT2D eigenvalue weighted by atomic mass is 16.7. The topological polar surface area (TPSA) is 165 Å². The van der Waals surface area contributed by atoms with Crippen LogP contribution in [0.25, 0.3) is 0 Å². The molecular weight excluding hydrogens is 971 g/mol. The Bertz CT molecular complexity index is 1550. The Kier molecular flexibility index (Phi) is 49.6. The van der Waals surface area contributed by atoms with E-state index in [1.54, 1.807) is 12.1 Å². The molecule has 440 valence electrons. The van der Waals surface area contributed by atoms with E-state index in [1.165, 1.54) is 0 Å². The van der Waals surface area contributed by atoms with Crippen molar-refractivity contribution >= 4 is 23.8 Å². The minimum atomic E-state index is -0.584. The minimum absolute atomic E-state index is 0.198. The number of carbonyl (C=O) groups excluding carboxylic acids is 4. The number of ether oxygens (including phenoxy) is 6. The van der Waals surface area contributed by atoms with Gasteiger partial charge in [0.05, 0.1) is 32.6 Å². The Labute approximate surface area is 468 Å². The first-order chi connectivity index (χ1) is 37.7. The van der Waals surface area contributed by atoms with Crippen LogP contribution < -0.4 is 11.1 Å². The van der Waals surface area contributed by atoms with E-state index in [0.29, 0.717) is 58.0 Å². The lowest BCUT2D eigenvalue weighted by molar-refractivity contribution is -0.159. The molecule has 0 aromatic heterocycles. The van der Waals surface area contributed by atoms with Crippen molar-refractivity contribution in [2.24, 2.45) is 5.73 Å². The average molecular weight is 1080 g/mol. The normalized spacial score (nSPS) is 12.0. The van der Waals surface area contributed by atoms with E-state index < -0.39 is 18.5 Å². The average Bonchev–Trinajstić information content (AvgIpc) is 3.42. The summed E-state index contributed by atoms with van der Waals surface area (Å²) in [5.41, 5.74) is 6.81. The number of allylic oxidation sites excluding steroid dienone is 8. The molecule has 13 heteroatoms. The van der Waals surface area contributed by atoms with E-state index in [4.69, 9.17) is 34.2 Å². The molecule has 1 aromatic rings. The van der Waals surface area contributed by atoms with Gasteiger partial charge in [-0.15, -0.1) is 0 Å². The molecule has 2 amide bonds. The fourth-order valence-electron chi connectivity index (χ4n) is 8.37. The zero-order chi connectivity index (χ0) is 55.9. The zero-order valence-corrected chi connectivity index (χ0v) is 49.0. The number of amides is 2. The van der Waals surface area contributed by atoms with Gasteiger partial charge >= 0.3 is 11.9 Å². The van der Waals surface area contributed by atoms with Gasteiger partial charge in [0.2, 0.25) is 5.91 Å². The third-order valence-electron chi connectivity index (χ3n) is 12.9. The van der Waals surface area contributed by atoms with Crippen LogP contribution in [0.5, 0.6) is 0 Å². The lowest BCUT2D eigenvalue weighted by Crippen LogP contribution is -2.33. The van der Waals surface area contributed by atoms with E-state index in [1.807, 2.05) is 12.1 Å². The molecule has 1 aromatic carbocycles. The molecule has 0 bridgehead atoms. The number of unbranched alkanes of at least 4 members (excludes halogenated alkanes) is 16. The molecule has 0 aliphatic carbocycles. The summed E-state index contributed by atoms with van der Waals surface area (Å²) >= 11 is 0. The van der Waals surface area contributed by atoms with E-state index in [-0.39, 0.29) is 37.2 Å². The summed E-state index contributed by atoms with van der Waals surface area (Å²) in [7, 11) is 0. The van der Waals surface area contributed by atoms with Crippen molar-refractivity contribution in [3.05, 3.63) is 84.0 Å². The second-order valence-corrected chi connectivity index (χ2v) is 20.0. The van der Waals surface area contributed by atoms with Gasteiger partial charge in [0, 0.05) is 51.4 Å². The van der Waals surface area contributed by atoms with Crippen LogP contribution in [0.4, 0.5) is 0 Å². The number of nitrogens with zero attached hydrogens (tertiary/aromatic N) is 1. The molecule has 0 aliphatic rings. The van der Waals surface area contributed by atoms with Crippen molar-refractivity contribution in [3.63, 3.8) is 0 Å². The predicted molar refractivity (Wildman–Crippen MR) is 314 cm³/mol. The lowest BCUT2D eigenvalue weighted by atomic mass is 10.1. The summed E-state index contributed by atoms with van der Waals surface area (Å²) in [6, 6.07) is 7.53. The molecule has 0 heterocycles. The number of rotatable bonds is 55. The van der Waals surface area contributed by atoms with E-state index >= 15 is 0 Å². The van der Waals surface area contributed by atoms with Crippen LogP contribution in [-0.2, 0) is 49.3 Å². The fraction of sp³-hybridized carbons (Fsp3) is 0.719. The Hall–Kier alpha value is -4.14. The smallest absolute Gasteiger partial charge is 0.305 e. The quantitative estimate of drug-likeness (QED) is 0.0276. The predicted octanol–water partition coefficient (Wildman–Crippen LogP) is 14.5. The van der Waals surface area contributed by atoms with Gasteiger partial charge in [0.15, 0.2) is 12.6 Å². The Morgan fingerprint density at radius 2 is 0.818 bits per heavy atom. The minimum Gasteiger partial charge on any atom is -0.466 e. The lowest BCUT2D eigenvalue weighted by Gasteiger charge is -2.23. The summed E-state index contributed by atoms with van der Waals surface area (Å²) in [6.45, 7) is 14.4. The molecule has 0 saturated carbocycles. The number of hydrogen-bond acceptors (Lipinski definition) is 11. The van der Waals surface area contributed by atoms with Crippen LogP contribution in [0.15, 0.2) is 72.9 Å². The van der Waals surface area contributed by atoms with Gasteiger partial charge in [-0.1, -0.05) is 127 Å². The number of hydrogen-bond donors (Lipinski definition) is 2. The van der Waals surface area contributed by atoms with E-state index in [2.05, 4.69) is 86.5 Å². The van der Waals surface area contributed by atoms with E-state index in [0.717, 1.165) is 192 Å². The monoisotopic (exact) mass is 1080 g/mol. The highest BCUT2D eigenvalue weighted by Crippen LogP contribution is 2.16. The number of nitrogens with one attached hydrogen (secondary N) is 1. The molecule has 0 saturated heterocycles. The molecule has 3 N–H and O–H groups in total. The van der Waals surface area contributed by atoms with Crippen LogP contribution in [0.3, 0.4) is 0 Å². The van der Waals surface area contributed by atoms with Crippen molar-refractivity contribution in [3.8, 4) is 0 Å². The molecule has 13 nitrogen and oxygen atoms in total. The van der Waals surface area contributed by atoms with Gasteiger partial charge < -0.3 is 39.5 Å². The third kappa shape index (κ3) is 46.5. The summed E-state index contributed by atoms with van der Waals surface area (Å²) in [6.07, 6.45) is 45.1. The summed E-state index contributed by atoms with van der Waals surface area (Å²) in [5, 5.41) is 2.55. The molecule has 0 radical (unpaired) electrons. The SMILES string of the molecule is CC/C=C\CCCCOC(CCC(=O)OCCCCCCCN(CCCCCCCOC(=O)CCC(OCCCC/C=C\CC)OCCCC/C=C\CC)Cc1ccc(C(=O)NCC(N)=O)cc1)OCCCC/C=C\CC. The molecule has 0 aliphatic heterocycles. The zero-order valence-electron chi connectivity index (χ0n) is 49.0. The van der Waals surface area contributed by atoms with Gasteiger partial charge in [-0.2, -0.15) is 0 Å². The van der Waals surface area contributed by atoms with Gasteiger partial charge in [-0.25, -0.2) is 0 Å². The first-order valence-corrected chi connectivity index (χ1v) is 30.5. The molecule has 0 spiro atoms.